The Morgan fingerprint density at radius 3 is 3.00 bits per heavy atom. The smallest absolute Gasteiger partial charge is 0.252 e. The average molecular weight is 331 g/mol. The Kier molecular flexibility index (Phi) is 4.31. The molecular weight excluding hydrogens is 320 g/mol. The Balaban J connectivity index is 1.88. The monoisotopic (exact) mass is 330 g/mol. The van der Waals surface area contributed by atoms with Crippen molar-refractivity contribution in [2.75, 3.05) is 6.54 Å². The summed E-state index contributed by atoms with van der Waals surface area (Å²) in [6, 6.07) is 1.83. The largest absolute Gasteiger partial charge is 0.351 e. The molecule has 0 aliphatic heterocycles. The Morgan fingerprint density at radius 1 is 1.59 bits per heavy atom. The van der Waals surface area contributed by atoms with Gasteiger partial charge in [0.25, 0.3) is 5.91 Å². The van der Waals surface area contributed by atoms with Crippen molar-refractivity contribution < 1.29 is 4.79 Å². The molecule has 2 rings (SSSR count). The lowest BCUT2D eigenvalue weighted by Crippen LogP contribution is -2.27. The molecule has 1 N–H and O–H groups in total. The van der Waals surface area contributed by atoms with Gasteiger partial charge >= 0.3 is 0 Å². The molecular formula is C11H11BrN2OS2. The minimum atomic E-state index is -0.0321. The van der Waals surface area contributed by atoms with E-state index in [1.165, 1.54) is 11.3 Å². The number of amides is 1. The molecule has 6 heteroatoms. The summed E-state index contributed by atoms with van der Waals surface area (Å²) >= 11 is 6.47. The van der Waals surface area contributed by atoms with Crippen molar-refractivity contribution in [2.24, 2.45) is 0 Å². The van der Waals surface area contributed by atoms with Crippen molar-refractivity contribution in [1.82, 2.24) is 10.3 Å². The first kappa shape index (κ1) is 12.7. The van der Waals surface area contributed by atoms with E-state index in [1.807, 2.05) is 16.8 Å². The highest BCUT2D eigenvalue weighted by molar-refractivity contribution is 9.11. The van der Waals surface area contributed by atoms with Crippen LogP contribution in [-0.2, 0) is 0 Å². The zero-order valence-electron chi connectivity index (χ0n) is 9.14. The Bertz CT molecular complexity index is 495. The molecule has 0 aliphatic rings. The molecule has 2 aromatic rings. The number of hydrogen-bond acceptors (Lipinski definition) is 4. The van der Waals surface area contributed by atoms with Crippen LogP contribution in [0.4, 0.5) is 0 Å². The van der Waals surface area contributed by atoms with Crippen LogP contribution in [-0.4, -0.2) is 17.4 Å². The zero-order valence-corrected chi connectivity index (χ0v) is 12.4. The molecule has 1 unspecified atom stereocenters. The minimum absolute atomic E-state index is 0.0321. The molecule has 2 heterocycles. The molecule has 0 fully saturated rings. The number of carbonyl (C=O) groups is 1. The van der Waals surface area contributed by atoms with Gasteiger partial charge in [-0.2, -0.15) is 0 Å². The molecule has 2 aromatic heterocycles. The molecule has 0 aliphatic carbocycles. The summed E-state index contributed by atoms with van der Waals surface area (Å²) in [6.07, 6.45) is 1.79. The fourth-order valence-corrected chi connectivity index (χ4v) is 3.18. The fourth-order valence-electron chi connectivity index (χ4n) is 1.34. The van der Waals surface area contributed by atoms with Gasteiger partial charge in [-0.1, -0.05) is 6.92 Å². The Labute approximate surface area is 116 Å². The highest BCUT2D eigenvalue weighted by atomic mass is 79.9. The van der Waals surface area contributed by atoms with Crippen molar-refractivity contribution in [3.8, 4) is 0 Å². The highest BCUT2D eigenvalue weighted by Crippen LogP contribution is 2.21. The van der Waals surface area contributed by atoms with Gasteiger partial charge in [-0.15, -0.1) is 22.7 Å². The highest BCUT2D eigenvalue weighted by Gasteiger charge is 2.12. The van der Waals surface area contributed by atoms with E-state index in [0.29, 0.717) is 12.1 Å². The number of thiazole rings is 1. The quantitative estimate of drug-likeness (QED) is 0.932. The maximum absolute atomic E-state index is 11.8. The lowest BCUT2D eigenvalue weighted by atomic mass is 10.2. The van der Waals surface area contributed by atoms with E-state index in [1.54, 1.807) is 17.5 Å². The van der Waals surface area contributed by atoms with Gasteiger partial charge in [0.1, 0.15) is 0 Å². The van der Waals surface area contributed by atoms with Crippen LogP contribution in [0.25, 0.3) is 0 Å². The Morgan fingerprint density at radius 2 is 2.41 bits per heavy atom. The average Bonchev–Trinajstić information content (AvgIpc) is 2.95. The second kappa shape index (κ2) is 5.75. The normalized spacial score (nSPS) is 12.4. The standard InChI is InChI=1S/C11H11BrN2OS2/c1-7(11-13-2-3-16-11)5-14-10(15)8-4-9(12)17-6-8/h2-4,6-7H,5H2,1H3,(H,14,15). The fraction of sp³-hybridized carbons (Fsp3) is 0.273. The second-order valence-corrected chi connectivity index (χ2v) is 6.84. The SMILES string of the molecule is CC(CNC(=O)c1csc(Br)c1)c1nccs1. The molecule has 0 radical (unpaired) electrons. The third-order valence-electron chi connectivity index (χ3n) is 2.27. The Hall–Kier alpha value is -0.720. The molecule has 0 saturated carbocycles. The van der Waals surface area contributed by atoms with Crippen molar-refractivity contribution >= 4 is 44.5 Å². The second-order valence-electron chi connectivity index (χ2n) is 3.62. The van der Waals surface area contributed by atoms with Crippen molar-refractivity contribution in [3.63, 3.8) is 0 Å². The first-order chi connectivity index (χ1) is 8.16. The predicted octanol–water partition coefficient (Wildman–Crippen LogP) is 3.50. The number of thiophene rings is 1. The number of halogens is 1. The van der Waals surface area contributed by atoms with E-state index in [0.717, 1.165) is 8.79 Å². The van der Waals surface area contributed by atoms with Gasteiger partial charge in [0.2, 0.25) is 0 Å². The van der Waals surface area contributed by atoms with E-state index in [4.69, 9.17) is 0 Å². The molecule has 17 heavy (non-hydrogen) atoms. The summed E-state index contributed by atoms with van der Waals surface area (Å²) in [4.78, 5) is 16.0. The molecule has 0 bridgehead atoms. The lowest BCUT2D eigenvalue weighted by Gasteiger charge is -2.09. The van der Waals surface area contributed by atoms with Crippen LogP contribution in [0, 0.1) is 0 Å². The first-order valence-corrected chi connectivity index (χ1v) is 7.63. The van der Waals surface area contributed by atoms with E-state index in [-0.39, 0.29) is 11.8 Å². The third-order valence-corrected chi connectivity index (χ3v) is 4.78. The topological polar surface area (TPSA) is 42.0 Å². The zero-order chi connectivity index (χ0) is 12.3. The van der Waals surface area contributed by atoms with Gasteiger partial charge in [-0.3, -0.25) is 4.79 Å². The van der Waals surface area contributed by atoms with Gasteiger partial charge in [0, 0.05) is 29.4 Å². The van der Waals surface area contributed by atoms with Crippen LogP contribution in [0.5, 0.6) is 0 Å². The summed E-state index contributed by atoms with van der Waals surface area (Å²) in [7, 11) is 0. The van der Waals surface area contributed by atoms with Crippen LogP contribution in [0.2, 0.25) is 0 Å². The van der Waals surface area contributed by atoms with Crippen molar-refractivity contribution in [2.45, 2.75) is 12.8 Å². The van der Waals surface area contributed by atoms with E-state index in [2.05, 4.69) is 33.2 Å². The van der Waals surface area contributed by atoms with Gasteiger partial charge in [-0.25, -0.2) is 4.98 Å². The molecule has 1 amide bonds. The number of nitrogens with one attached hydrogen (secondary N) is 1. The summed E-state index contributed by atoms with van der Waals surface area (Å²) < 4.78 is 0.968. The number of carbonyl (C=O) groups excluding carboxylic acids is 1. The number of nitrogens with zero attached hydrogens (tertiary/aromatic N) is 1. The molecule has 3 nitrogen and oxygen atoms in total. The van der Waals surface area contributed by atoms with Crippen LogP contribution >= 0.6 is 38.6 Å². The van der Waals surface area contributed by atoms with Crippen LogP contribution in [0.15, 0.2) is 26.8 Å². The number of aromatic nitrogens is 1. The van der Waals surface area contributed by atoms with Crippen molar-refractivity contribution in [3.05, 3.63) is 37.4 Å². The maximum Gasteiger partial charge on any atom is 0.252 e. The van der Waals surface area contributed by atoms with Crippen molar-refractivity contribution in [1.29, 1.82) is 0 Å². The van der Waals surface area contributed by atoms with Gasteiger partial charge in [0.15, 0.2) is 0 Å². The van der Waals surface area contributed by atoms with E-state index >= 15 is 0 Å². The molecule has 0 spiro atoms. The first-order valence-electron chi connectivity index (χ1n) is 5.08. The molecule has 90 valence electrons. The van der Waals surface area contributed by atoms with Gasteiger partial charge in [0.05, 0.1) is 14.4 Å². The van der Waals surface area contributed by atoms with Crippen LogP contribution in [0.3, 0.4) is 0 Å². The summed E-state index contributed by atoms with van der Waals surface area (Å²) in [5, 5.41) is 7.76. The molecule has 0 aromatic carbocycles. The van der Waals surface area contributed by atoms with Crippen LogP contribution in [0.1, 0.15) is 28.2 Å². The van der Waals surface area contributed by atoms with Gasteiger partial charge < -0.3 is 5.32 Å². The summed E-state index contributed by atoms with van der Waals surface area (Å²) in [5.41, 5.74) is 0.702. The lowest BCUT2D eigenvalue weighted by molar-refractivity contribution is 0.0952. The summed E-state index contributed by atoms with van der Waals surface area (Å²) in [6.45, 7) is 2.67. The van der Waals surface area contributed by atoms with Gasteiger partial charge in [-0.05, 0) is 22.0 Å². The number of hydrogen-bond donors (Lipinski definition) is 1. The maximum atomic E-state index is 11.8. The third kappa shape index (κ3) is 3.37. The van der Waals surface area contributed by atoms with E-state index < -0.39 is 0 Å². The molecule has 0 saturated heterocycles. The minimum Gasteiger partial charge on any atom is -0.351 e. The summed E-state index contributed by atoms with van der Waals surface area (Å²) in [5.74, 6) is 0.219. The molecule has 1 atom stereocenters. The van der Waals surface area contributed by atoms with E-state index in [9.17, 15) is 4.79 Å². The number of rotatable bonds is 4. The van der Waals surface area contributed by atoms with Crippen LogP contribution < -0.4 is 5.32 Å². The predicted molar refractivity (Wildman–Crippen MR) is 74.9 cm³/mol.